The first kappa shape index (κ1) is 26.7. The fourth-order valence-electron chi connectivity index (χ4n) is 4.12. The van der Waals surface area contributed by atoms with Crippen LogP contribution in [0.2, 0.25) is 25.7 Å². The van der Waals surface area contributed by atoms with Crippen LogP contribution < -0.4 is 0 Å². The molecule has 2 atom stereocenters. The maximum atomic E-state index is 13.6. The summed E-state index contributed by atoms with van der Waals surface area (Å²) in [5.41, 5.74) is 0.124. The van der Waals surface area contributed by atoms with Gasteiger partial charge in [0.1, 0.15) is 22.4 Å². The lowest BCUT2D eigenvalue weighted by Crippen LogP contribution is -2.64. The molecule has 0 saturated carbocycles. The van der Waals surface area contributed by atoms with Crippen LogP contribution in [0, 0.1) is 0 Å². The fourth-order valence-corrected chi connectivity index (χ4v) is 6.24. The van der Waals surface area contributed by atoms with Crippen molar-refractivity contribution < 1.29 is 28.7 Å². The lowest BCUT2D eigenvalue weighted by molar-refractivity contribution is -0.143. The van der Waals surface area contributed by atoms with Crippen molar-refractivity contribution in [3.63, 3.8) is 0 Å². The highest BCUT2D eigenvalue weighted by molar-refractivity contribution is 7.90. The summed E-state index contributed by atoms with van der Waals surface area (Å²) >= 11 is -1.32. The van der Waals surface area contributed by atoms with Gasteiger partial charge in [0.25, 0.3) is 0 Å². The van der Waals surface area contributed by atoms with Crippen molar-refractivity contribution in [3.8, 4) is 0 Å². The molecule has 2 fully saturated rings. The third-order valence-corrected chi connectivity index (χ3v) is 10.1. The summed E-state index contributed by atoms with van der Waals surface area (Å²) in [5, 5.41) is 9.87. The van der Waals surface area contributed by atoms with Crippen LogP contribution in [0.3, 0.4) is 0 Å². The topological polar surface area (TPSA) is 91.3 Å². The number of aliphatic carboxylic acids is 1. The van der Waals surface area contributed by atoms with E-state index in [1.54, 1.807) is 0 Å². The van der Waals surface area contributed by atoms with E-state index in [-0.39, 0.29) is 13.3 Å². The van der Waals surface area contributed by atoms with E-state index in [4.69, 9.17) is 14.2 Å². The van der Waals surface area contributed by atoms with E-state index in [9.17, 15) is 14.5 Å². The second-order valence-corrected chi connectivity index (χ2v) is 19.2. The van der Waals surface area contributed by atoms with Crippen molar-refractivity contribution in [2.24, 2.45) is 0 Å². The molecule has 0 aliphatic carbocycles. The first-order chi connectivity index (χ1) is 15.3. The van der Waals surface area contributed by atoms with Crippen molar-refractivity contribution in [3.05, 3.63) is 35.4 Å². The first-order valence-corrected chi connectivity index (χ1v) is 16.4. The van der Waals surface area contributed by atoms with E-state index in [1.807, 2.05) is 49.3 Å². The van der Waals surface area contributed by atoms with Gasteiger partial charge < -0.3 is 23.9 Å². The quantitative estimate of drug-likeness (QED) is 0.228. The second kappa shape index (κ2) is 9.97. The number of carboxylic acids is 1. The van der Waals surface area contributed by atoms with E-state index in [2.05, 4.69) is 19.6 Å². The highest BCUT2D eigenvalue weighted by Crippen LogP contribution is 2.42. The van der Waals surface area contributed by atoms with E-state index in [1.165, 1.54) is 0 Å². The van der Waals surface area contributed by atoms with Gasteiger partial charge in [0, 0.05) is 32.6 Å². The summed E-state index contributed by atoms with van der Waals surface area (Å²) in [5.74, 6) is -0.860. The Kier molecular flexibility index (Phi) is 8.05. The zero-order chi connectivity index (χ0) is 24.5. The molecule has 186 valence electrons. The fraction of sp³-hybridized carbons (Fsp3) is 0.708. The summed E-state index contributed by atoms with van der Waals surface area (Å²) < 4.78 is 32.2. The number of rotatable bonds is 10. The zero-order valence-corrected chi connectivity index (χ0v) is 22.6. The van der Waals surface area contributed by atoms with Crippen LogP contribution >= 0.6 is 0 Å². The van der Waals surface area contributed by atoms with Crippen LogP contribution in [-0.2, 0) is 41.3 Å². The molecular formula is C24H39NO6SSi. The minimum atomic E-state index is -1.32. The monoisotopic (exact) mass is 497 g/mol. The number of benzene rings is 1. The summed E-state index contributed by atoms with van der Waals surface area (Å²) in [6.45, 7) is 15.2. The van der Waals surface area contributed by atoms with Gasteiger partial charge >= 0.3 is 5.97 Å². The van der Waals surface area contributed by atoms with Crippen LogP contribution in [0.15, 0.2) is 24.3 Å². The zero-order valence-electron chi connectivity index (χ0n) is 20.8. The van der Waals surface area contributed by atoms with Gasteiger partial charge in [-0.3, -0.25) is 4.79 Å². The van der Waals surface area contributed by atoms with Crippen molar-refractivity contribution in [2.45, 2.75) is 68.6 Å². The van der Waals surface area contributed by atoms with Crippen LogP contribution in [0.4, 0.5) is 0 Å². The second-order valence-electron chi connectivity index (χ2n) is 11.4. The molecule has 0 spiro atoms. The molecule has 2 unspecified atom stereocenters. The van der Waals surface area contributed by atoms with Crippen LogP contribution in [0.1, 0.15) is 38.3 Å². The molecule has 2 saturated heterocycles. The number of hydrogen-bond donors (Lipinski definition) is 1. The molecule has 1 N–H and O–H groups in total. The van der Waals surface area contributed by atoms with Gasteiger partial charge in [-0.15, -0.1) is 0 Å². The van der Waals surface area contributed by atoms with Crippen molar-refractivity contribution >= 4 is 25.4 Å². The maximum absolute atomic E-state index is 13.6. The van der Waals surface area contributed by atoms with E-state index < -0.39 is 41.1 Å². The molecule has 0 bridgehead atoms. The van der Waals surface area contributed by atoms with Gasteiger partial charge in [0.05, 0.1) is 19.8 Å². The highest BCUT2D eigenvalue weighted by atomic mass is 32.2. The molecule has 0 amide bonds. The smallest absolute Gasteiger partial charge is 0.316 e. The lowest BCUT2D eigenvalue weighted by Gasteiger charge is -2.50. The summed E-state index contributed by atoms with van der Waals surface area (Å²) in [4.78, 5) is 12.0. The van der Waals surface area contributed by atoms with Crippen molar-refractivity contribution in [1.29, 1.82) is 0 Å². The molecule has 9 heteroatoms. The Morgan fingerprint density at radius 3 is 2.18 bits per heavy atom. The van der Waals surface area contributed by atoms with Crippen LogP contribution in [0.25, 0.3) is 0 Å². The van der Waals surface area contributed by atoms with Gasteiger partial charge in [-0.2, -0.15) is 0 Å². The molecule has 0 aromatic heterocycles. The van der Waals surface area contributed by atoms with Crippen LogP contribution in [-0.4, -0.2) is 72.5 Å². The predicted octanol–water partition coefficient (Wildman–Crippen LogP) is 3.73. The van der Waals surface area contributed by atoms with E-state index >= 15 is 0 Å². The normalized spacial score (nSPS) is 24.0. The number of carbonyl (C=O) groups is 1. The predicted molar refractivity (Wildman–Crippen MR) is 132 cm³/mol. The number of carboxylic acid groups (broad SMARTS) is 1. The molecule has 2 heterocycles. The van der Waals surface area contributed by atoms with Gasteiger partial charge in [0.15, 0.2) is 0 Å². The molecule has 2 aliphatic heterocycles. The number of ether oxygens (including phenoxy) is 3. The molecule has 0 radical (unpaired) electrons. The first-order valence-electron chi connectivity index (χ1n) is 11.6. The molecule has 3 rings (SSSR count). The van der Waals surface area contributed by atoms with Crippen molar-refractivity contribution in [1.82, 2.24) is 4.31 Å². The standard InChI is InChI=1S/C24H39NO6SSi/c1-22(2,3)32(28)25(18-30-13-14-33(4,5)6)24(16-31-17-24)20-9-7-19(8-10-20)23(21(26)27)11-12-29-15-23/h7-10H,11-18H2,1-6H3,(H,26,27). The molecule has 33 heavy (non-hydrogen) atoms. The Bertz CT molecular complexity index is 810. The van der Waals surface area contributed by atoms with E-state index in [0.29, 0.717) is 32.8 Å². The number of hydrogen-bond acceptors (Lipinski definition) is 6. The van der Waals surface area contributed by atoms with Crippen LogP contribution in [0.5, 0.6) is 0 Å². The third kappa shape index (κ3) is 5.66. The Balaban J connectivity index is 1.87. The molecule has 2 aliphatic rings. The summed E-state index contributed by atoms with van der Waals surface area (Å²) in [6, 6.07) is 8.71. The van der Waals surface area contributed by atoms with Gasteiger partial charge in [0.2, 0.25) is 0 Å². The Morgan fingerprint density at radius 1 is 1.15 bits per heavy atom. The number of nitrogens with zero attached hydrogens (tertiary/aromatic N) is 1. The summed E-state index contributed by atoms with van der Waals surface area (Å²) in [7, 11) is -1.24. The summed E-state index contributed by atoms with van der Waals surface area (Å²) in [6.07, 6.45) is 0.459. The van der Waals surface area contributed by atoms with Crippen molar-refractivity contribution in [2.75, 3.05) is 39.8 Å². The molecule has 1 aromatic carbocycles. The minimum absolute atomic E-state index is 0.182. The van der Waals surface area contributed by atoms with E-state index in [0.717, 1.165) is 17.2 Å². The Hall–Kier alpha value is -0.943. The maximum Gasteiger partial charge on any atom is 0.316 e. The minimum Gasteiger partial charge on any atom is -0.597 e. The lowest BCUT2D eigenvalue weighted by atomic mass is 9.78. The average molecular weight is 498 g/mol. The Morgan fingerprint density at radius 2 is 1.76 bits per heavy atom. The molecule has 7 nitrogen and oxygen atoms in total. The highest BCUT2D eigenvalue weighted by Gasteiger charge is 2.54. The Labute approximate surface area is 202 Å². The van der Waals surface area contributed by atoms with Gasteiger partial charge in [-0.1, -0.05) is 48.2 Å². The van der Waals surface area contributed by atoms with Gasteiger partial charge in [-0.05, 0) is 44.4 Å². The SMILES string of the molecule is CC(C)(C)[S+]([O-])N(COCC[Si](C)(C)C)C1(c2ccc(C3(C(=O)O)CCOC3)cc2)COC1. The molecular weight excluding hydrogens is 458 g/mol. The molecule has 1 aromatic rings. The largest absolute Gasteiger partial charge is 0.597 e. The third-order valence-electron chi connectivity index (χ3n) is 6.49. The average Bonchev–Trinajstić information content (AvgIpc) is 3.18. The van der Waals surface area contributed by atoms with Gasteiger partial charge in [-0.25, -0.2) is 0 Å².